The molecule has 7 nitrogen and oxygen atoms in total. The van der Waals surface area contributed by atoms with E-state index in [-0.39, 0.29) is 5.16 Å². The topological polar surface area (TPSA) is 90.6 Å². The quantitative estimate of drug-likeness (QED) is 0.683. The average molecular weight is 324 g/mol. The first kappa shape index (κ1) is 13.9. The predicted octanol–water partition coefficient (Wildman–Crippen LogP) is 1.84. The molecule has 0 aliphatic carbocycles. The third-order valence-electron chi connectivity index (χ3n) is 2.99. The van der Waals surface area contributed by atoms with Gasteiger partial charge in [-0.15, -0.1) is 10.2 Å². The molecule has 0 saturated heterocycles. The summed E-state index contributed by atoms with van der Waals surface area (Å²) in [4.78, 5) is 8.49. The van der Waals surface area contributed by atoms with Crippen molar-refractivity contribution in [2.24, 2.45) is 0 Å². The lowest BCUT2D eigenvalue weighted by atomic mass is 10.1. The van der Waals surface area contributed by atoms with Gasteiger partial charge in [0.05, 0.1) is 11.0 Å². The van der Waals surface area contributed by atoms with Crippen molar-refractivity contribution in [3.05, 3.63) is 30.6 Å². The van der Waals surface area contributed by atoms with Gasteiger partial charge in [0.1, 0.15) is 0 Å². The molecule has 0 aliphatic heterocycles. The number of hydrogen-bond acceptors (Lipinski definition) is 6. The van der Waals surface area contributed by atoms with Gasteiger partial charge in [0.2, 0.25) is 0 Å². The van der Waals surface area contributed by atoms with Gasteiger partial charge in [0.15, 0.2) is 5.82 Å². The number of rotatable bonds is 3. The number of hydrogen-bond donors (Lipinski definition) is 0. The molecule has 0 aliphatic rings. The summed E-state index contributed by atoms with van der Waals surface area (Å²) in [5.74, 6) is 0.392. The van der Waals surface area contributed by atoms with Crippen molar-refractivity contribution in [3.8, 4) is 11.4 Å². The molecule has 21 heavy (non-hydrogen) atoms. The SMILES string of the molecule is CCn1c(-c2cccc3nccnc23)nnc1S(=O)(=O)Cl. The molecule has 9 heteroatoms. The van der Waals surface area contributed by atoms with E-state index in [1.54, 1.807) is 31.5 Å². The number of nitrogens with zero attached hydrogens (tertiary/aromatic N) is 5. The van der Waals surface area contributed by atoms with Crippen LogP contribution in [0.3, 0.4) is 0 Å². The summed E-state index contributed by atoms with van der Waals surface area (Å²) in [6, 6.07) is 5.41. The van der Waals surface area contributed by atoms with E-state index in [9.17, 15) is 8.42 Å². The minimum atomic E-state index is -3.96. The van der Waals surface area contributed by atoms with Crippen molar-refractivity contribution >= 4 is 30.8 Å². The Morgan fingerprint density at radius 3 is 2.67 bits per heavy atom. The molecule has 0 saturated carbocycles. The minimum Gasteiger partial charge on any atom is -0.297 e. The van der Waals surface area contributed by atoms with Gasteiger partial charge >= 0.3 is 0 Å². The maximum absolute atomic E-state index is 11.5. The van der Waals surface area contributed by atoms with Gasteiger partial charge in [-0.2, -0.15) is 0 Å². The molecule has 0 amide bonds. The van der Waals surface area contributed by atoms with Crippen molar-refractivity contribution in [1.82, 2.24) is 24.7 Å². The first-order chi connectivity index (χ1) is 10.0. The van der Waals surface area contributed by atoms with Gasteiger partial charge in [0, 0.05) is 35.2 Å². The summed E-state index contributed by atoms with van der Waals surface area (Å²) in [5, 5.41) is 7.37. The van der Waals surface area contributed by atoms with Crippen LogP contribution in [-0.2, 0) is 15.6 Å². The molecule has 0 N–H and O–H groups in total. The van der Waals surface area contributed by atoms with E-state index in [1.165, 1.54) is 4.57 Å². The molecule has 0 radical (unpaired) electrons. The zero-order valence-electron chi connectivity index (χ0n) is 10.9. The molecule has 2 heterocycles. The van der Waals surface area contributed by atoms with Crippen LogP contribution in [0.1, 0.15) is 6.92 Å². The second-order valence-corrected chi connectivity index (χ2v) is 6.68. The van der Waals surface area contributed by atoms with Crippen molar-refractivity contribution in [1.29, 1.82) is 0 Å². The van der Waals surface area contributed by atoms with E-state index < -0.39 is 9.05 Å². The number of benzene rings is 1. The third kappa shape index (κ3) is 2.36. The maximum atomic E-state index is 11.5. The highest BCUT2D eigenvalue weighted by molar-refractivity contribution is 8.13. The van der Waals surface area contributed by atoms with Gasteiger partial charge in [-0.3, -0.25) is 14.5 Å². The van der Waals surface area contributed by atoms with Gasteiger partial charge < -0.3 is 0 Å². The molecular weight excluding hydrogens is 314 g/mol. The molecule has 0 spiro atoms. The van der Waals surface area contributed by atoms with E-state index in [1.807, 2.05) is 6.07 Å². The summed E-state index contributed by atoms with van der Waals surface area (Å²) in [7, 11) is 1.42. The van der Waals surface area contributed by atoms with Gasteiger partial charge in [-0.1, -0.05) is 6.07 Å². The fraction of sp³-hybridized carbons (Fsp3) is 0.167. The van der Waals surface area contributed by atoms with E-state index in [0.29, 0.717) is 29.0 Å². The van der Waals surface area contributed by atoms with Gasteiger partial charge in [-0.25, -0.2) is 8.42 Å². The highest BCUT2D eigenvalue weighted by Gasteiger charge is 2.23. The van der Waals surface area contributed by atoms with E-state index in [0.717, 1.165) is 0 Å². The fourth-order valence-corrected chi connectivity index (χ4v) is 3.09. The third-order valence-corrected chi connectivity index (χ3v) is 4.14. The largest absolute Gasteiger partial charge is 0.297 e. The monoisotopic (exact) mass is 323 g/mol. The van der Waals surface area contributed by atoms with Crippen LogP contribution >= 0.6 is 10.7 Å². The Balaban J connectivity index is 2.32. The molecule has 0 bridgehead atoms. The predicted molar refractivity (Wildman–Crippen MR) is 77.3 cm³/mol. The highest BCUT2D eigenvalue weighted by atomic mass is 35.7. The summed E-state index contributed by atoms with van der Waals surface area (Å²) in [6.45, 7) is 2.15. The number of aromatic nitrogens is 5. The lowest BCUT2D eigenvalue weighted by molar-refractivity contribution is 0.583. The fourth-order valence-electron chi connectivity index (χ4n) is 2.13. The van der Waals surface area contributed by atoms with Crippen LogP contribution in [0, 0.1) is 0 Å². The lowest BCUT2D eigenvalue weighted by Crippen LogP contribution is -2.06. The number of para-hydroxylation sites is 1. The molecule has 108 valence electrons. The Labute approximate surface area is 125 Å². The standard InChI is InChI=1S/C12H10ClN5O2S/c1-2-18-11(16-17-12(18)21(13,19)20)8-4-3-5-9-10(8)15-7-6-14-9/h3-7H,2H2,1H3. The first-order valence-electron chi connectivity index (χ1n) is 6.10. The summed E-state index contributed by atoms with van der Waals surface area (Å²) < 4.78 is 24.5. The molecule has 0 unspecified atom stereocenters. The van der Waals surface area contributed by atoms with Crippen molar-refractivity contribution in [2.75, 3.05) is 0 Å². The Morgan fingerprint density at radius 1 is 1.19 bits per heavy atom. The van der Waals surface area contributed by atoms with E-state index in [4.69, 9.17) is 10.7 Å². The average Bonchev–Trinajstić information content (AvgIpc) is 2.90. The molecule has 0 fully saturated rings. The highest BCUT2D eigenvalue weighted by Crippen LogP contribution is 2.27. The smallest absolute Gasteiger partial charge is 0.296 e. The van der Waals surface area contributed by atoms with Crippen molar-refractivity contribution in [2.45, 2.75) is 18.6 Å². The van der Waals surface area contributed by atoms with Crippen LogP contribution in [-0.4, -0.2) is 33.2 Å². The second kappa shape index (κ2) is 5.05. The zero-order chi connectivity index (χ0) is 15.0. The number of fused-ring (bicyclic) bond motifs is 1. The molecule has 3 rings (SSSR count). The van der Waals surface area contributed by atoms with Crippen LogP contribution in [0.5, 0.6) is 0 Å². The Kier molecular flexibility index (Phi) is 3.34. The normalized spacial score (nSPS) is 11.9. The molecular formula is C12H10ClN5O2S. The minimum absolute atomic E-state index is 0.275. The Bertz CT molecular complexity index is 917. The molecule has 2 aromatic heterocycles. The van der Waals surface area contributed by atoms with Crippen LogP contribution in [0.15, 0.2) is 35.7 Å². The number of halogens is 1. The van der Waals surface area contributed by atoms with Gasteiger partial charge in [0.25, 0.3) is 14.2 Å². The van der Waals surface area contributed by atoms with Crippen molar-refractivity contribution in [3.63, 3.8) is 0 Å². The summed E-state index contributed by atoms with van der Waals surface area (Å²) in [5.41, 5.74) is 1.97. The molecule has 0 atom stereocenters. The molecule has 1 aromatic carbocycles. The van der Waals surface area contributed by atoms with Crippen LogP contribution in [0.2, 0.25) is 0 Å². The molecule has 3 aromatic rings. The van der Waals surface area contributed by atoms with E-state index in [2.05, 4.69) is 20.2 Å². The zero-order valence-corrected chi connectivity index (χ0v) is 12.5. The van der Waals surface area contributed by atoms with Gasteiger partial charge in [-0.05, 0) is 19.1 Å². The maximum Gasteiger partial charge on any atom is 0.296 e. The Morgan fingerprint density at radius 2 is 1.95 bits per heavy atom. The Hall–Kier alpha value is -2.06. The summed E-state index contributed by atoms with van der Waals surface area (Å²) >= 11 is 0. The van der Waals surface area contributed by atoms with Crippen molar-refractivity contribution < 1.29 is 8.42 Å². The lowest BCUT2D eigenvalue weighted by Gasteiger charge is -2.07. The van der Waals surface area contributed by atoms with E-state index >= 15 is 0 Å². The second-order valence-electron chi connectivity index (χ2n) is 4.22. The van der Waals surface area contributed by atoms with Crippen LogP contribution in [0.25, 0.3) is 22.4 Å². The summed E-state index contributed by atoms with van der Waals surface area (Å²) in [6.07, 6.45) is 3.16. The first-order valence-corrected chi connectivity index (χ1v) is 8.41. The van der Waals surface area contributed by atoms with Crippen LogP contribution in [0.4, 0.5) is 0 Å². The van der Waals surface area contributed by atoms with Crippen LogP contribution < -0.4 is 0 Å².